The first-order valence-electron chi connectivity index (χ1n) is 13.2. The molecule has 0 amide bonds. The van der Waals surface area contributed by atoms with Gasteiger partial charge in [-0.05, 0) is 66.4 Å². The van der Waals surface area contributed by atoms with Gasteiger partial charge in [-0.1, -0.05) is 48.2 Å². The van der Waals surface area contributed by atoms with Gasteiger partial charge in [-0.15, -0.1) is 11.6 Å². The summed E-state index contributed by atoms with van der Waals surface area (Å²) in [6.07, 6.45) is 5.78. The average Bonchev–Trinajstić information content (AvgIpc) is 3.01. The van der Waals surface area contributed by atoms with Gasteiger partial charge in [-0.3, -0.25) is 0 Å². The molecule has 6 heteroatoms. The lowest BCUT2D eigenvalue weighted by molar-refractivity contribution is -0.298. The van der Waals surface area contributed by atoms with E-state index in [-0.39, 0.29) is 12.1 Å². The second-order valence-electron chi connectivity index (χ2n) is 9.16. The van der Waals surface area contributed by atoms with Crippen molar-refractivity contribution in [3.63, 3.8) is 0 Å². The summed E-state index contributed by atoms with van der Waals surface area (Å²) in [6.45, 7) is 7.91. The van der Waals surface area contributed by atoms with E-state index in [0.717, 1.165) is 11.1 Å². The van der Waals surface area contributed by atoms with E-state index >= 15 is 0 Å². The van der Waals surface area contributed by atoms with Gasteiger partial charge in [-0.2, -0.15) is 12.0 Å². The summed E-state index contributed by atoms with van der Waals surface area (Å²) in [6, 6.07) is 14.5. The predicted molar refractivity (Wildman–Crippen MR) is 154 cm³/mol. The van der Waals surface area contributed by atoms with Gasteiger partial charge in [0, 0.05) is 18.1 Å². The fraction of sp³-hybridized carbons (Fsp3) is 0.250. The Labute approximate surface area is 245 Å². The summed E-state index contributed by atoms with van der Waals surface area (Å²) < 4.78 is 29.3. The molecule has 0 spiro atoms. The monoisotopic (exact) mass is 555 g/mol. The maximum atomic E-state index is 12.7. The summed E-state index contributed by atoms with van der Waals surface area (Å²) in [5, 5.41) is 0. The van der Waals surface area contributed by atoms with E-state index in [9.17, 15) is 4.79 Å². The van der Waals surface area contributed by atoms with Gasteiger partial charge in [-0.25, -0.2) is 10.5 Å². The highest BCUT2D eigenvalue weighted by atomic mass is 16.7. The molecule has 0 aliphatic carbocycles. The van der Waals surface area contributed by atoms with Crippen molar-refractivity contribution in [2.45, 2.75) is 44.9 Å². The minimum absolute atomic E-state index is 0.313. The summed E-state index contributed by atoms with van der Waals surface area (Å²) in [5.41, 5.74) is 23.7. The summed E-state index contributed by atoms with van der Waals surface area (Å²) in [7, 11) is 0. The number of fused-ring (bicyclic) bond motifs is 1. The van der Waals surface area contributed by atoms with Crippen LogP contribution in [0.1, 0.15) is 41.1 Å². The predicted octanol–water partition coefficient (Wildman–Crippen LogP) is 5.94. The number of carbonyl (C=O) groups is 1. The Balaban J connectivity index is 1.33. The van der Waals surface area contributed by atoms with Crippen LogP contribution in [0.4, 0.5) is 0 Å². The maximum absolute atomic E-state index is 12.7. The Bertz CT molecular complexity index is 1690. The van der Waals surface area contributed by atoms with Crippen LogP contribution in [0.2, 0.25) is 0 Å². The molecule has 2 aliphatic rings. The van der Waals surface area contributed by atoms with E-state index in [1.165, 1.54) is 6.08 Å². The highest BCUT2D eigenvalue weighted by molar-refractivity contribution is 5.89. The Morgan fingerprint density at radius 1 is 1.00 bits per heavy atom. The van der Waals surface area contributed by atoms with Crippen LogP contribution in [-0.4, -0.2) is 37.5 Å². The second kappa shape index (κ2) is 15.6. The van der Waals surface area contributed by atoms with E-state index in [4.69, 9.17) is 23.7 Å². The highest BCUT2D eigenvalue weighted by Gasteiger charge is 2.43. The molecule has 4 rings (SSSR count). The van der Waals surface area contributed by atoms with Crippen molar-refractivity contribution in [1.82, 2.24) is 0 Å². The molecule has 2 aromatic carbocycles. The molecule has 0 N–H and O–H groups in total. The zero-order valence-electron chi connectivity index (χ0n) is 23.3. The van der Waals surface area contributed by atoms with Crippen molar-refractivity contribution in [2.24, 2.45) is 0 Å². The fourth-order valence-electron chi connectivity index (χ4n) is 4.00. The lowest BCUT2D eigenvalue weighted by Gasteiger charge is -2.42. The first kappa shape index (κ1) is 29.8. The summed E-state index contributed by atoms with van der Waals surface area (Å²) in [4.78, 5) is 12.7. The van der Waals surface area contributed by atoms with Crippen molar-refractivity contribution in [1.29, 1.82) is 0 Å². The smallest absolute Gasteiger partial charge is 0.338 e. The van der Waals surface area contributed by atoms with Crippen LogP contribution < -0.4 is 4.74 Å². The third-order valence-corrected chi connectivity index (χ3v) is 6.10. The molecule has 2 aliphatic heterocycles. The number of hydrogen-bond acceptors (Lipinski definition) is 6. The third kappa shape index (κ3) is 8.95. The molecular formula is C36H27O6-. The minimum Gasteiger partial charge on any atom is -0.456 e. The first-order valence-corrected chi connectivity index (χ1v) is 13.2. The number of hydrogen-bond donors (Lipinski definition) is 0. The summed E-state index contributed by atoms with van der Waals surface area (Å²) >= 11 is 0. The molecule has 0 aromatic heterocycles. The number of rotatable bonds is 5. The maximum Gasteiger partial charge on any atom is 0.338 e. The van der Waals surface area contributed by atoms with Gasteiger partial charge in [0.1, 0.15) is 24.1 Å². The molecule has 42 heavy (non-hydrogen) atoms. The number of ether oxygens (including phenoxy) is 5. The number of carbonyl (C=O) groups excluding carboxylic acids is 1. The van der Waals surface area contributed by atoms with Crippen molar-refractivity contribution >= 4 is 5.97 Å². The zero-order chi connectivity index (χ0) is 29.6. The van der Waals surface area contributed by atoms with Gasteiger partial charge in [0.15, 0.2) is 6.29 Å². The molecule has 2 aromatic rings. The van der Waals surface area contributed by atoms with Gasteiger partial charge in [0.05, 0.1) is 18.8 Å². The van der Waals surface area contributed by atoms with E-state index in [0.29, 0.717) is 36.5 Å². The highest BCUT2D eigenvalue weighted by Crippen LogP contribution is 2.34. The standard InChI is InChI=1S/C36H27O6/c1-4-5-6-7-8-9-10-13-27(2)14-11-12-24-38-31-21-19-30(20-22-31)36-40-26-33-34(42-36)32(23-25-39-33)41-35(37)29-17-15-28(3)16-18-29/h11,15-22,32-34,36H,1,23,25-26H2,2-3H3/q-1. The molecule has 2 heterocycles. The van der Waals surface area contributed by atoms with Crippen LogP contribution in [0.25, 0.3) is 0 Å². The molecule has 208 valence electrons. The molecule has 2 fully saturated rings. The van der Waals surface area contributed by atoms with Gasteiger partial charge in [0.2, 0.25) is 0 Å². The number of allylic oxidation sites excluding steroid dienone is 3. The largest absolute Gasteiger partial charge is 0.456 e. The number of esters is 1. The second-order valence-corrected chi connectivity index (χ2v) is 9.16. The molecule has 4 atom stereocenters. The fourth-order valence-corrected chi connectivity index (χ4v) is 4.00. The normalized spacial score (nSPS) is 20.1. The van der Waals surface area contributed by atoms with Crippen molar-refractivity contribution in [3.05, 3.63) is 135 Å². The van der Waals surface area contributed by atoms with Crippen molar-refractivity contribution < 1.29 is 28.5 Å². The van der Waals surface area contributed by atoms with E-state index < -0.39 is 18.5 Å². The topological polar surface area (TPSA) is 63.2 Å². The summed E-state index contributed by atoms with van der Waals surface area (Å²) in [5.74, 6) is 2.93. The number of aryl methyl sites for hydroxylation is 1. The molecule has 0 saturated carbocycles. The van der Waals surface area contributed by atoms with Crippen molar-refractivity contribution in [3.8, 4) is 17.8 Å². The Kier molecular flexibility index (Phi) is 11.1. The van der Waals surface area contributed by atoms with E-state index in [2.05, 4.69) is 70.5 Å². The Morgan fingerprint density at radius 2 is 1.74 bits per heavy atom. The van der Waals surface area contributed by atoms with Crippen LogP contribution in [0.5, 0.6) is 5.75 Å². The van der Waals surface area contributed by atoms with Gasteiger partial charge < -0.3 is 23.7 Å². The van der Waals surface area contributed by atoms with Crippen LogP contribution in [-0.2, 0) is 18.9 Å². The van der Waals surface area contributed by atoms with Gasteiger partial charge in [0.25, 0.3) is 0 Å². The molecular weight excluding hydrogens is 528 g/mol. The first-order chi connectivity index (χ1) is 20.5. The third-order valence-electron chi connectivity index (χ3n) is 6.10. The SMILES string of the molecule is C=C=C=C=C=C=C=C=C=C(C)[C-]=CC#COc1ccc(C2OCC3OCCC(OC(=O)c4ccc(C)cc4)C3O2)cc1. The minimum atomic E-state index is -0.634. The molecule has 0 bridgehead atoms. The molecule has 4 unspecified atom stereocenters. The van der Waals surface area contributed by atoms with Crippen LogP contribution in [0, 0.1) is 25.0 Å². The Hall–Kier alpha value is -5.13. The van der Waals surface area contributed by atoms with E-state index in [1.807, 2.05) is 31.2 Å². The molecule has 2 saturated heterocycles. The lowest BCUT2D eigenvalue weighted by atomic mass is 10.0. The van der Waals surface area contributed by atoms with Crippen LogP contribution >= 0.6 is 0 Å². The average molecular weight is 556 g/mol. The Morgan fingerprint density at radius 3 is 2.50 bits per heavy atom. The lowest BCUT2D eigenvalue weighted by Crippen LogP contribution is -2.53. The van der Waals surface area contributed by atoms with Gasteiger partial charge >= 0.3 is 5.97 Å². The van der Waals surface area contributed by atoms with Crippen LogP contribution in [0.15, 0.2) is 113 Å². The van der Waals surface area contributed by atoms with Crippen LogP contribution in [0.3, 0.4) is 0 Å². The number of benzene rings is 2. The molecule has 6 nitrogen and oxygen atoms in total. The molecule has 0 radical (unpaired) electrons. The van der Waals surface area contributed by atoms with Crippen molar-refractivity contribution in [2.75, 3.05) is 13.2 Å². The zero-order valence-corrected chi connectivity index (χ0v) is 23.3. The quantitative estimate of drug-likeness (QED) is 0.150. The van der Waals surface area contributed by atoms with E-state index in [1.54, 1.807) is 31.2 Å².